The summed E-state index contributed by atoms with van der Waals surface area (Å²) in [6.45, 7) is 0. The Morgan fingerprint density at radius 2 is 1.87 bits per heavy atom. The number of ether oxygens (including phenoxy) is 1. The van der Waals surface area contributed by atoms with Gasteiger partial charge in [-0.2, -0.15) is 0 Å². The largest absolute Gasteiger partial charge is 0.497 e. The van der Waals surface area contributed by atoms with Gasteiger partial charge in [-0.05, 0) is 29.3 Å². The lowest BCUT2D eigenvalue weighted by Gasteiger charge is -2.32. The van der Waals surface area contributed by atoms with E-state index in [0.29, 0.717) is 27.4 Å². The predicted octanol–water partition coefficient (Wildman–Crippen LogP) is 3.73. The molecule has 1 atom stereocenters. The number of benzene rings is 2. The van der Waals surface area contributed by atoms with Gasteiger partial charge in [0.25, 0.3) is 0 Å². The Bertz CT molecular complexity index is 1260. The SMILES string of the molecule is COc1ccc(-c2c(C(=O)O)sc3c2NC(=O)CC32C(=O)N(C)c3ccccc32)cc1. The van der Waals surface area contributed by atoms with Gasteiger partial charge in [0.05, 0.1) is 24.1 Å². The summed E-state index contributed by atoms with van der Waals surface area (Å²) in [7, 11) is 3.23. The number of anilines is 2. The fourth-order valence-electron chi connectivity index (χ4n) is 4.57. The second kappa shape index (κ2) is 6.68. The van der Waals surface area contributed by atoms with Crippen LogP contribution in [-0.4, -0.2) is 37.0 Å². The number of fused-ring (bicyclic) bond motifs is 4. The van der Waals surface area contributed by atoms with Crippen molar-refractivity contribution in [2.45, 2.75) is 11.8 Å². The standard InChI is InChI=1S/C23H18N2O5S/c1-25-15-6-4-3-5-14(15)23(22(25)29)11-16(26)24-18-17(19(21(27)28)31-20(18)23)12-7-9-13(30-2)10-8-12/h3-10H,11H2,1-2H3,(H,24,26)(H,27,28). The van der Waals surface area contributed by atoms with Crippen LogP contribution in [-0.2, 0) is 15.0 Å². The molecule has 3 aromatic rings. The number of hydrogen-bond acceptors (Lipinski definition) is 5. The van der Waals surface area contributed by atoms with Gasteiger partial charge in [0, 0.05) is 18.3 Å². The van der Waals surface area contributed by atoms with Gasteiger partial charge in [0.1, 0.15) is 16.0 Å². The Kier molecular flexibility index (Phi) is 4.16. The van der Waals surface area contributed by atoms with E-state index in [1.54, 1.807) is 43.3 Å². The molecular formula is C23H18N2O5S. The Morgan fingerprint density at radius 3 is 2.55 bits per heavy atom. The number of hydrogen-bond donors (Lipinski definition) is 2. The molecule has 0 radical (unpaired) electrons. The first kappa shape index (κ1) is 19.3. The van der Waals surface area contributed by atoms with E-state index in [9.17, 15) is 19.5 Å². The molecule has 2 N–H and O–H groups in total. The lowest BCUT2D eigenvalue weighted by Crippen LogP contribution is -2.45. The van der Waals surface area contributed by atoms with E-state index in [-0.39, 0.29) is 23.1 Å². The van der Waals surface area contributed by atoms with Gasteiger partial charge in [-0.1, -0.05) is 30.3 Å². The maximum atomic E-state index is 13.5. The molecule has 2 aliphatic rings. The van der Waals surface area contributed by atoms with E-state index in [1.165, 1.54) is 0 Å². The first-order valence-electron chi connectivity index (χ1n) is 9.61. The van der Waals surface area contributed by atoms with E-state index in [2.05, 4.69) is 5.32 Å². The molecule has 0 fully saturated rings. The van der Waals surface area contributed by atoms with Crippen molar-refractivity contribution in [2.24, 2.45) is 0 Å². The van der Waals surface area contributed by atoms with Crippen molar-refractivity contribution < 1.29 is 24.2 Å². The minimum Gasteiger partial charge on any atom is -0.497 e. The lowest BCUT2D eigenvalue weighted by atomic mass is 9.74. The number of carboxylic acid groups (broad SMARTS) is 1. The van der Waals surface area contributed by atoms with Crippen LogP contribution in [0.3, 0.4) is 0 Å². The van der Waals surface area contributed by atoms with Crippen molar-refractivity contribution in [1.82, 2.24) is 0 Å². The quantitative estimate of drug-likeness (QED) is 0.655. The Morgan fingerprint density at radius 1 is 1.16 bits per heavy atom. The molecule has 2 amide bonds. The van der Waals surface area contributed by atoms with E-state index in [0.717, 1.165) is 22.6 Å². The third kappa shape index (κ3) is 2.55. The molecule has 1 spiro atoms. The van der Waals surface area contributed by atoms with E-state index >= 15 is 0 Å². The van der Waals surface area contributed by atoms with Crippen LogP contribution in [0.5, 0.6) is 5.75 Å². The van der Waals surface area contributed by atoms with E-state index < -0.39 is 11.4 Å². The van der Waals surface area contributed by atoms with Gasteiger partial charge < -0.3 is 20.1 Å². The zero-order valence-electron chi connectivity index (χ0n) is 16.8. The van der Waals surface area contributed by atoms with Crippen LogP contribution in [0.15, 0.2) is 48.5 Å². The highest BCUT2D eigenvalue weighted by Crippen LogP contribution is 2.57. The average molecular weight is 434 g/mol. The molecule has 2 aromatic carbocycles. The molecule has 3 heterocycles. The minimum atomic E-state index is -1.23. The van der Waals surface area contributed by atoms with Gasteiger partial charge in [-0.15, -0.1) is 11.3 Å². The topological polar surface area (TPSA) is 95.9 Å². The van der Waals surface area contributed by atoms with Crippen LogP contribution < -0.4 is 15.0 Å². The smallest absolute Gasteiger partial charge is 0.346 e. The lowest BCUT2D eigenvalue weighted by molar-refractivity contribution is -0.126. The second-order valence-corrected chi connectivity index (χ2v) is 8.58. The van der Waals surface area contributed by atoms with Crippen molar-refractivity contribution in [1.29, 1.82) is 0 Å². The monoisotopic (exact) mass is 434 g/mol. The third-order valence-electron chi connectivity index (χ3n) is 5.95. The molecule has 1 aromatic heterocycles. The highest BCUT2D eigenvalue weighted by atomic mass is 32.1. The van der Waals surface area contributed by atoms with E-state index in [4.69, 9.17) is 4.74 Å². The number of methoxy groups -OCH3 is 1. The molecule has 1 unspecified atom stereocenters. The Hall–Kier alpha value is -3.65. The molecule has 156 valence electrons. The number of amides is 2. The van der Waals surface area contributed by atoms with Crippen molar-refractivity contribution in [3.63, 3.8) is 0 Å². The van der Waals surface area contributed by atoms with Gasteiger partial charge in [0.2, 0.25) is 11.8 Å². The molecule has 5 rings (SSSR count). The molecule has 0 aliphatic carbocycles. The summed E-state index contributed by atoms with van der Waals surface area (Å²) in [5.74, 6) is -1.03. The molecule has 0 saturated carbocycles. The van der Waals surface area contributed by atoms with Crippen LogP contribution in [0, 0.1) is 0 Å². The number of rotatable bonds is 3. The van der Waals surface area contributed by atoms with Crippen molar-refractivity contribution in [3.05, 3.63) is 63.8 Å². The van der Waals surface area contributed by atoms with E-state index in [1.807, 2.05) is 24.3 Å². The van der Waals surface area contributed by atoms with Gasteiger partial charge in [-0.25, -0.2) is 4.79 Å². The highest BCUT2D eigenvalue weighted by molar-refractivity contribution is 7.15. The maximum absolute atomic E-state index is 13.5. The fraction of sp³-hybridized carbons (Fsp3) is 0.174. The summed E-state index contributed by atoms with van der Waals surface area (Å²) in [6, 6.07) is 14.3. The molecule has 31 heavy (non-hydrogen) atoms. The zero-order valence-corrected chi connectivity index (χ0v) is 17.6. The number of carbonyl (C=O) groups excluding carboxylic acids is 2. The normalized spacial score (nSPS) is 19.2. The molecule has 8 heteroatoms. The summed E-state index contributed by atoms with van der Waals surface area (Å²) >= 11 is 1.05. The predicted molar refractivity (Wildman–Crippen MR) is 117 cm³/mol. The van der Waals surface area contributed by atoms with Crippen LogP contribution in [0.2, 0.25) is 0 Å². The van der Waals surface area contributed by atoms with Crippen molar-refractivity contribution in [3.8, 4) is 16.9 Å². The van der Waals surface area contributed by atoms with Crippen LogP contribution in [0.4, 0.5) is 11.4 Å². The summed E-state index contributed by atoms with van der Waals surface area (Å²) in [6.07, 6.45) is -0.0676. The van der Waals surface area contributed by atoms with Gasteiger partial charge in [-0.3, -0.25) is 9.59 Å². The van der Waals surface area contributed by atoms with Crippen molar-refractivity contribution >= 4 is 40.5 Å². The average Bonchev–Trinajstić information content (AvgIpc) is 3.25. The van der Waals surface area contributed by atoms with Crippen LogP contribution in [0.25, 0.3) is 11.1 Å². The summed E-state index contributed by atoms with van der Waals surface area (Å²) in [4.78, 5) is 40.8. The zero-order chi connectivity index (χ0) is 21.9. The first-order valence-corrected chi connectivity index (χ1v) is 10.4. The Labute approximate surface area is 181 Å². The number of carbonyl (C=O) groups is 3. The summed E-state index contributed by atoms with van der Waals surface area (Å²) in [5, 5.41) is 12.8. The van der Waals surface area contributed by atoms with Crippen LogP contribution in [0.1, 0.15) is 26.5 Å². The molecular weight excluding hydrogens is 416 g/mol. The number of thiophene rings is 1. The van der Waals surface area contributed by atoms with Gasteiger partial charge >= 0.3 is 5.97 Å². The number of likely N-dealkylation sites (N-methyl/N-ethyl adjacent to an activating group) is 1. The molecule has 0 saturated heterocycles. The minimum absolute atomic E-state index is 0.0676. The first-order chi connectivity index (χ1) is 14.9. The Balaban J connectivity index is 1.82. The maximum Gasteiger partial charge on any atom is 0.346 e. The number of para-hydroxylation sites is 1. The van der Waals surface area contributed by atoms with Gasteiger partial charge in [0.15, 0.2) is 0 Å². The second-order valence-electron chi connectivity index (χ2n) is 7.56. The fourth-order valence-corrected chi connectivity index (χ4v) is 5.88. The number of nitrogens with zero attached hydrogens (tertiary/aromatic N) is 1. The summed E-state index contributed by atoms with van der Waals surface area (Å²) in [5.41, 5.74) is 1.63. The van der Waals surface area contributed by atoms with Crippen LogP contribution >= 0.6 is 11.3 Å². The molecule has 7 nitrogen and oxygen atoms in total. The number of nitrogens with one attached hydrogen (secondary N) is 1. The highest BCUT2D eigenvalue weighted by Gasteiger charge is 2.57. The molecule has 2 aliphatic heterocycles. The number of aromatic carboxylic acids is 1. The molecule has 0 bridgehead atoms. The third-order valence-corrected chi connectivity index (χ3v) is 7.29. The number of carboxylic acids is 1. The summed E-state index contributed by atoms with van der Waals surface area (Å²) < 4.78 is 5.20. The van der Waals surface area contributed by atoms with Crippen molar-refractivity contribution in [2.75, 3.05) is 24.4 Å².